The van der Waals surface area contributed by atoms with Crippen LogP contribution in [0.2, 0.25) is 0 Å². The predicted octanol–water partition coefficient (Wildman–Crippen LogP) is 2.98. The largest absolute Gasteiger partial charge is 0.381 e. The van der Waals surface area contributed by atoms with Gasteiger partial charge in [-0.1, -0.05) is 28.8 Å². The van der Waals surface area contributed by atoms with Crippen LogP contribution in [0, 0.1) is 5.92 Å². The molecule has 1 aliphatic carbocycles. The maximum absolute atomic E-state index is 5.53. The molecule has 1 rings (SSSR count). The van der Waals surface area contributed by atoms with Gasteiger partial charge in [0, 0.05) is 18.5 Å². The van der Waals surface area contributed by atoms with Gasteiger partial charge in [-0.25, -0.2) is 0 Å². The first kappa shape index (κ1) is 9.53. The van der Waals surface area contributed by atoms with Crippen LogP contribution >= 0.6 is 15.9 Å². The van der Waals surface area contributed by atoms with Crippen LogP contribution in [-0.4, -0.2) is 18.5 Å². The number of hydrogen-bond acceptors (Lipinski definition) is 1. The molecule has 1 saturated carbocycles. The lowest BCUT2D eigenvalue weighted by molar-refractivity contribution is 0.102. The van der Waals surface area contributed by atoms with Crippen molar-refractivity contribution < 1.29 is 4.74 Å². The number of rotatable bonds is 5. The van der Waals surface area contributed by atoms with E-state index in [-0.39, 0.29) is 0 Å². The van der Waals surface area contributed by atoms with E-state index in [1.807, 2.05) is 0 Å². The summed E-state index contributed by atoms with van der Waals surface area (Å²) in [7, 11) is 0. The van der Waals surface area contributed by atoms with Crippen molar-refractivity contribution in [3.63, 3.8) is 0 Å². The summed E-state index contributed by atoms with van der Waals surface area (Å²) in [6.07, 6.45) is 6.79. The molecule has 0 aliphatic heterocycles. The zero-order valence-corrected chi connectivity index (χ0v) is 8.61. The Bertz CT molecular complexity index is 89.6. The predicted molar refractivity (Wildman–Crippen MR) is 51.2 cm³/mol. The van der Waals surface area contributed by atoms with Gasteiger partial charge in [0.05, 0.1) is 0 Å². The second kappa shape index (κ2) is 6.01. The second-order valence-corrected chi connectivity index (χ2v) is 4.06. The van der Waals surface area contributed by atoms with Gasteiger partial charge < -0.3 is 4.74 Å². The van der Waals surface area contributed by atoms with Gasteiger partial charge in [-0.15, -0.1) is 0 Å². The molecule has 1 aliphatic rings. The van der Waals surface area contributed by atoms with E-state index in [0.29, 0.717) is 0 Å². The van der Waals surface area contributed by atoms with E-state index in [1.54, 1.807) is 0 Å². The summed E-state index contributed by atoms with van der Waals surface area (Å²) in [4.78, 5) is 0. The second-order valence-electron chi connectivity index (χ2n) is 3.27. The minimum atomic E-state index is 0.880. The Morgan fingerprint density at radius 3 is 2.64 bits per heavy atom. The van der Waals surface area contributed by atoms with Crippen LogP contribution in [0.3, 0.4) is 0 Å². The summed E-state index contributed by atoms with van der Waals surface area (Å²) in [5, 5.41) is 1.07. The molecule has 0 unspecified atom stereocenters. The molecule has 0 aromatic heterocycles. The fraction of sp³-hybridized carbons (Fsp3) is 1.00. The van der Waals surface area contributed by atoms with E-state index in [0.717, 1.165) is 30.9 Å². The smallest absolute Gasteiger partial charge is 0.0494 e. The van der Waals surface area contributed by atoms with E-state index < -0.39 is 0 Å². The highest BCUT2D eigenvalue weighted by atomic mass is 79.9. The highest BCUT2D eigenvalue weighted by molar-refractivity contribution is 9.09. The lowest BCUT2D eigenvalue weighted by Gasteiger charge is -2.08. The molecule has 0 bridgehead atoms. The molecule has 0 N–H and O–H groups in total. The van der Waals surface area contributed by atoms with Gasteiger partial charge in [0.25, 0.3) is 0 Å². The Labute approximate surface area is 77.6 Å². The summed E-state index contributed by atoms with van der Waals surface area (Å²) in [6.45, 7) is 1.94. The van der Waals surface area contributed by atoms with E-state index >= 15 is 0 Å². The van der Waals surface area contributed by atoms with Crippen molar-refractivity contribution in [3.05, 3.63) is 0 Å². The molecule has 0 heterocycles. The van der Waals surface area contributed by atoms with Gasteiger partial charge in [0.2, 0.25) is 0 Å². The quantitative estimate of drug-likeness (QED) is 0.512. The molecule has 0 aromatic rings. The summed E-state index contributed by atoms with van der Waals surface area (Å²) in [6, 6.07) is 0. The van der Waals surface area contributed by atoms with Crippen molar-refractivity contribution in [2.75, 3.05) is 18.5 Å². The molecule has 0 radical (unpaired) electrons. The van der Waals surface area contributed by atoms with Crippen LogP contribution in [0.5, 0.6) is 0 Å². The SMILES string of the molecule is BrCCCOCC1CCCC1. The Hall–Kier alpha value is 0.440. The van der Waals surface area contributed by atoms with Crippen molar-refractivity contribution in [1.82, 2.24) is 0 Å². The molecule has 0 spiro atoms. The van der Waals surface area contributed by atoms with E-state index in [1.165, 1.54) is 25.7 Å². The molecule has 0 amide bonds. The molecule has 66 valence electrons. The fourth-order valence-corrected chi connectivity index (χ4v) is 1.81. The first-order valence-electron chi connectivity index (χ1n) is 4.57. The minimum Gasteiger partial charge on any atom is -0.381 e. The molecule has 1 nitrogen and oxygen atoms in total. The zero-order valence-electron chi connectivity index (χ0n) is 7.02. The molecule has 1 fully saturated rings. The highest BCUT2D eigenvalue weighted by Crippen LogP contribution is 2.24. The summed E-state index contributed by atoms with van der Waals surface area (Å²) in [5.41, 5.74) is 0. The molecular formula is C9H17BrO. The molecule has 2 heteroatoms. The van der Waals surface area contributed by atoms with Crippen LogP contribution in [0.4, 0.5) is 0 Å². The lowest BCUT2D eigenvalue weighted by Crippen LogP contribution is -2.06. The monoisotopic (exact) mass is 220 g/mol. The normalized spacial score (nSPS) is 19.4. The third-order valence-electron chi connectivity index (χ3n) is 2.25. The van der Waals surface area contributed by atoms with Crippen molar-refractivity contribution in [2.24, 2.45) is 5.92 Å². The number of hydrogen-bond donors (Lipinski definition) is 0. The summed E-state index contributed by atoms with van der Waals surface area (Å²) in [5.74, 6) is 0.880. The van der Waals surface area contributed by atoms with Crippen molar-refractivity contribution in [1.29, 1.82) is 0 Å². The van der Waals surface area contributed by atoms with Crippen molar-refractivity contribution in [2.45, 2.75) is 32.1 Å². The number of halogens is 1. The van der Waals surface area contributed by atoms with Crippen LogP contribution < -0.4 is 0 Å². The Morgan fingerprint density at radius 2 is 2.00 bits per heavy atom. The Kier molecular flexibility index (Phi) is 5.21. The fourth-order valence-electron chi connectivity index (χ4n) is 1.58. The third kappa shape index (κ3) is 4.12. The molecule has 0 aromatic carbocycles. The van der Waals surface area contributed by atoms with Gasteiger partial charge in [0.15, 0.2) is 0 Å². The first-order chi connectivity index (χ1) is 5.43. The van der Waals surface area contributed by atoms with Gasteiger partial charge in [-0.05, 0) is 25.2 Å². The van der Waals surface area contributed by atoms with Crippen LogP contribution in [0.15, 0.2) is 0 Å². The number of ether oxygens (including phenoxy) is 1. The first-order valence-corrected chi connectivity index (χ1v) is 5.69. The van der Waals surface area contributed by atoms with Gasteiger partial charge in [-0.3, -0.25) is 0 Å². The Morgan fingerprint density at radius 1 is 1.27 bits per heavy atom. The lowest BCUT2D eigenvalue weighted by atomic mass is 10.1. The van der Waals surface area contributed by atoms with Crippen molar-refractivity contribution >= 4 is 15.9 Å². The molecule has 0 atom stereocenters. The topological polar surface area (TPSA) is 9.23 Å². The standard InChI is InChI=1S/C9H17BrO/c10-6-3-7-11-8-9-4-1-2-5-9/h9H,1-8H2. The average molecular weight is 221 g/mol. The number of alkyl halides is 1. The summed E-state index contributed by atoms with van der Waals surface area (Å²) >= 11 is 3.38. The van der Waals surface area contributed by atoms with E-state index in [9.17, 15) is 0 Å². The third-order valence-corrected chi connectivity index (χ3v) is 2.81. The van der Waals surface area contributed by atoms with E-state index in [2.05, 4.69) is 15.9 Å². The van der Waals surface area contributed by atoms with Crippen LogP contribution in [0.1, 0.15) is 32.1 Å². The Balaban J connectivity index is 1.86. The van der Waals surface area contributed by atoms with Crippen molar-refractivity contribution in [3.8, 4) is 0 Å². The van der Waals surface area contributed by atoms with Gasteiger partial charge >= 0.3 is 0 Å². The van der Waals surface area contributed by atoms with E-state index in [4.69, 9.17) is 4.74 Å². The average Bonchev–Trinajstić information content (AvgIpc) is 2.50. The minimum absolute atomic E-state index is 0.880. The van der Waals surface area contributed by atoms with Crippen LogP contribution in [-0.2, 0) is 4.74 Å². The van der Waals surface area contributed by atoms with Gasteiger partial charge in [0.1, 0.15) is 0 Å². The maximum atomic E-state index is 5.53. The summed E-state index contributed by atoms with van der Waals surface area (Å²) < 4.78 is 5.53. The molecule has 11 heavy (non-hydrogen) atoms. The zero-order chi connectivity index (χ0) is 7.94. The maximum Gasteiger partial charge on any atom is 0.0494 e. The van der Waals surface area contributed by atoms with Crippen LogP contribution in [0.25, 0.3) is 0 Å². The molecule has 0 saturated heterocycles. The van der Waals surface area contributed by atoms with Gasteiger partial charge in [-0.2, -0.15) is 0 Å². The highest BCUT2D eigenvalue weighted by Gasteiger charge is 2.14. The molecular weight excluding hydrogens is 204 g/mol.